The number of nitrogens with one attached hydrogen (secondary N) is 1. The average Bonchev–Trinajstić information content (AvgIpc) is 2.97. The predicted octanol–water partition coefficient (Wildman–Crippen LogP) is 1.65. The molecule has 2 aromatic heterocycles. The summed E-state index contributed by atoms with van der Waals surface area (Å²) in [7, 11) is -3.89. The van der Waals surface area contributed by atoms with Crippen LogP contribution in [0.3, 0.4) is 0 Å². The summed E-state index contributed by atoms with van der Waals surface area (Å²) in [6.07, 6.45) is 3.09. The lowest BCUT2D eigenvalue weighted by Crippen LogP contribution is -2.32. The summed E-state index contributed by atoms with van der Waals surface area (Å²) in [6, 6.07) is 4.90. The van der Waals surface area contributed by atoms with Gasteiger partial charge in [0, 0.05) is 17.3 Å². The fraction of sp³-hybridized carbons (Fsp3) is 0.286. The topological polar surface area (TPSA) is 85.4 Å². The molecule has 1 amide bonds. The summed E-state index contributed by atoms with van der Waals surface area (Å²) in [5, 5.41) is 1.95. The molecule has 3 heterocycles. The number of pyridine rings is 1. The lowest BCUT2D eigenvalue weighted by Gasteiger charge is -2.22. The monoisotopic (exact) mass is 338 g/mol. The van der Waals surface area contributed by atoms with Crippen LogP contribution in [-0.4, -0.2) is 25.9 Å². The summed E-state index contributed by atoms with van der Waals surface area (Å²) in [5.41, 5.74) is 1.17. The summed E-state index contributed by atoms with van der Waals surface area (Å²) in [6.45, 7) is 0.539. The Labute approximate surface area is 132 Å². The first kappa shape index (κ1) is 15.1. The van der Waals surface area contributed by atoms with Gasteiger partial charge in [0.2, 0.25) is 5.91 Å². The van der Waals surface area contributed by atoms with Gasteiger partial charge in [0.05, 0.1) is 13.0 Å². The second-order valence-corrected chi connectivity index (χ2v) is 7.47. The van der Waals surface area contributed by atoms with Crippen LogP contribution in [0, 0.1) is 0 Å². The van der Waals surface area contributed by atoms with E-state index in [1.165, 1.54) is 41.4 Å². The van der Waals surface area contributed by atoms with Gasteiger partial charge in [-0.25, -0.2) is 13.1 Å². The molecule has 116 valence electrons. The molecule has 0 radical (unpaired) electrons. The van der Waals surface area contributed by atoms with Gasteiger partial charge in [-0.3, -0.25) is 9.78 Å². The van der Waals surface area contributed by atoms with Crippen molar-refractivity contribution in [3.8, 4) is 0 Å². The molecule has 0 unspecified atom stereocenters. The van der Waals surface area contributed by atoms with Crippen LogP contribution in [0.1, 0.15) is 23.0 Å². The minimum absolute atomic E-state index is 0.0208. The zero-order chi connectivity index (χ0) is 15.6. The van der Waals surface area contributed by atoms with Gasteiger partial charge in [-0.1, -0.05) is 0 Å². The molecule has 1 aliphatic rings. The van der Waals surface area contributed by atoms with E-state index in [-0.39, 0.29) is 17.4 Å². The number of amides is 1. The van der Waals surface area contributed by atoms with Crippen LogP contribution >= 0.6 is 11.3 Å². The largest absolute Gasteiger partial charge is 0.372 e. The molecule has 0 saturated heterocycles. The number of sulfonamides is 1. The smallest absolute Gasteiger partial charge is 0.265 e. The maximum Gasteiger partial charge on any atom is 0.265 e. The van der Waals surface area contributed by atoms with Crippen molar-refractivity contribution in [2.45, 2.75) is 23.8 Å². The number of fused-ring (bicyclic) bond motifs is 1. The van der Waals surface area contributed by atoms with Crippen LogP contribution < -0.4 is 4.72 Å². The SMILES string of the molecule is O=C(C[C@@H]1OCCc2ccsc21)NS(=O)(=O)c1cccnc1. The first-order valence-electron chi connectivity index (χ1n) is 6.70. The van der Waals surface area contributed by atoms with Gasteiger partial charge in [0.1, 0.15) is 11.0 Å². The first-order chi connectivity index (χ1) is 10.6. The molecule has 0 aliphatic carbocycles. The van der Waals surface area contributed by atoms with Gasteiger partial charge in [-0.15, -0.1) is 11.3 Å². The van der Waals surface area contributed by atoms with E-state index in [0.29, 0.717) is 6.61 Å². The van der Waals surface area contributed by atoms with E-state index in [4.69, 9.17) is 4.74 Å². The molecule has 6 nitrogen and oxygen atoms in total. The van der Waals surface area contributed by atoms with Crippen molar-refractivity contribution in [1.29, 1.82) is 0 Å². The van der Waals surface area contributed by atoms with Crippen LogP contribution in [0.5, 0.6) is 0 Å². The van der Waals surface area contributed by atoms with Crippen molar-refractivity contribution in [3.63, 3.8) is 0 Å². The molecule has 0 bridgehead atoms. The van der Waals surface area contributed by atoms with Crippen LogP contribution in [0.4, 0.5) is 0 Å². The zero-order valence-corrected chi connectivity index (χ0v) is 13.2. The van der Waals surface area contributed by atoms with Crippen LogP contribution in [-0.2, 0) is 26.0 Å². The quantitative estimate of drug-likeness (QED) is 0.916. The number of ether oxygens (including phenoxy) is 1. The Hall–Kier alpha value is -1.77. The Balaban J connectivity index is 1.69. The van der Waals surface area contributed by atoms with Crippen molar-refractivity contribution < 1.29 is 17.9 Å². The summed E-state index contributed by atoms with van der Waals surface area (Å²) >= 11 is 1.53. The number of hydrogen-bond acceptors (Lipinski definition) is 6. The first-order valence-corrected chi connectivity index (χ1v) is 9.06. The minimum Gasteiger partial charge on any atom is -0.372 e. The predicted molar refractivity (Wildman–Crippen MR) is 80.9 cm³/mol. The van der Waals surface area contributed by atoms with E-state index in [9.17, 15) is 13.2 Å². The number of carbonyl (C=O) groups is 1. The van der Waals surface area contributed by atoms with E-state index < -0.39 is 15.9 Å². The highest BCUT2D eigenvalue weighted by atomic mass is 32.2. The minimum atomic E-state index is -3.89. The van der Waals surface area contributed by atoms with Crippen molar-refractivity contribution in [3.05, 3.63) is 46.4 Å². The molecule has 3 rings (SSSR count). The van der Waals surface area contributed by atoms with E-state index >= 15 is 0 Å². The lowest BCUT2D eigenvalue weighted by atomic mass is 10.1. The van der Waals surface area contributed by atoms with Crippen molar-refractivity contribution >= 4 is 27.3 Å². The van der Waals surface area contributed by atoms with Gasteiger partial charge in [0.15, 0.2) is 0 Å². The third kappa shape index (κ3) is 3.18. The highest BCUT2D eigenvalue weighted by Gasteiger charge is 2.26. The maximum absolute atomic E-state index is 12.1. The number of thiophene rings is 1. The molecule has 8 heteroatoms. The number of rotatable bonds is 4. The van der Waals surface area contributed by atoms with Gasteiger partial charge >= 0.3 is 0 Å². The maximum atomic E-state index is 12.1. The van der Waals surface area contributed by atoms with Crippen molar-refractivity contribution in [2.24, 2.45) is 0 Å². The highest BCUT2D eigenvalue weighted by molar-refractivity contribution is 7.90. The highest BCUT2D eigenvalue weighted by Crippen LogP contribution is 2.33. The Morgan fingerprint density at radius 3 is 3.09 bits per heavy atom. The van der Waals surface area contributed by atoms with E-state index in [2.05, 4.69) is 9.71 Å². The number of nitrogens with zero attached hydrogens (tertiary/aromatic N) is 1. The van der Waals surface area contributed by atoms with E-state index in [1.54, 1.807) is 0 Å². The van der Waals surface area contributed by atoms with E-state index in [1.807, 2.05) is 11.4 Å². The van der Waals surface area contributed by atoms with Gasteiger partial charge < -0.3 is 4.74 Å². The summed E-state index contributed by atoms with van der Waals surface area (Å²) in [5.74, 6) is -0.588. The van der Waals surface area contributed by atoms with Gasteiger partial charge in [-0.2, -0.15) is 0 Å². The van der Waals surface area contributed by atoms with Crippen LogP contribution in [0.15, 0.2) is 40.9 Å². The molecule has 1 aliphatic heterocycles. The second kappa shape index (κ2) is 6.15. The average molecular weight is 338 g/mol. The second-order valence-electron chi connectivity index (χ2n) is 4.84. The number of carbonyl (C=O) groups excluding carboxylic acids is 1. The third-order valence-electron chi connectivity index (χ3n) is 3.33. The third-order valence-corrected chi connectivity index (χ3v) is 5.74. The standard InChI is InChI=1S/C14H14N2O4S2/c17-13(16-22(18,19)11-2-1-5-15-9-11)8-12-14-10(3-6-20-12)4-7-21-14/h1-2,4-5,7,9,12H,3,6,8H2,(H,16,17)/t12-/m0/s1. The molecular weight excluding hydrogens is 324 g/mol. The summed E-state index contributed by atoms with van der Waals surface area (Å²) in [4.78, 5) is 16.8. The molecule has 0 spiro atoms. The molecule has 0 fully saturated rings. The molecule has 1 N–H and O–H groups in total. The van der Waals surface area contributed by atoms with Gasteiger partial charge in [-0.05, 0) is 35.6 Å². The normalized spacial score (nSPS) is 17.7. The van der Waals surface area contributed by atoms with Gasteiger partial charge in [0.25, 0.3) is 10.0 Å². The zero-order valence-electron chi connectivity index (χ0n) is 11.6. The number of hydrogen-bond donors (Lipinski definition) is 1. The summed E-state index contributed by atoms with van der Waals surface area (Å²) < 4.78 is 31.8. The molecule has 0 aromatic carbocycles. The van der Waals surface area contributed by atoms with Crippen molar-refractivity contribution in [2.75, 3.05) is 6.61 Å². The number of aromatic nitrogens is 1. The molecule has 22 heavy (non-hydrogen) atoms. The Morgan fingerprint density at radius 2 is 2.32 bits per heavy atom. The van der Waals surface area contributed by atoms with Crippen LogP contribution in [0.25, 0.3) is 0 Å². The Morgan fingerprint density at radius 1 is 1.45 bits per heavy atom. The van der Waals surface area contributed by atoms with Crippen LogP contribution in [0.2, 0.25) is 0 Å². The Bertz CT molecular complexity index is 771. The lowest BCUT2D eigenvalue weighted by molar-refractivity contribution is -0.122. The van der Waals surface area contributed by atoms with Crippen molar-refractivity contribution in [1.82, 2.24) is 9.71 Å². The molecule has 1 atom stereocenters. The fourth-order valence-corrected chi connectivity index (χ4v) is 4.26. The molecule has 0 saturated carbocycles. The fourth-order valence-electron chi connectivity index (χ4n) is 2.30. The molecular formula is C14H14N2O4S2. The molecule has 2 aromatic rings. The van der Waals surface area contributed by atoms with E-state index in [0.717, 1.165) is 11.3 Å². The Kier molecular flexibility index (Phi) is 4.23.